The van der Waals surface area contributed by atoms with E-state index in [0.29, 0.717) is 12.0 Å². The largest absolute Gasteiger partial charge is 0.309 e. The van der Waals surface area contributed by atoms with Gasteiger partial charge in [-0.05, 0) is 36.1 Å². The smallest absolute Gasteiger partial charge is 0.0361 e. The van der Waals surface area contributed by atoms with Crippen LogP contribution in [0, 0.1) is 5.92 Å². The number of fused-ring (bicyclic) bond motifs is 1. The van der Waals surface area contributed by atoms with E-state index in [0.717, 1.165) is 13.0 Å². The summed E-state index contributed by atoms with van der Waals surface area (Å²) in [7, 11) is 0. The minimum absolute atomic E-state index is 0.498. The van der Waals surface area contributed by atoms with Gasteiger partial charge in [-0.1, -0.05) is 13.8 Å². The van der Waals surface area contributed by atoms with Gasteiger partial charge >= 0.3 is 0 Å². The number of pyridine rings is 1. The molecule has 2 heterocycles. The highest BCUT2D eigenvalue weighted by Gasteiger charge is 2.21. The van der Waals surface area contributed by atoms with Crippen LogP contribution in [0.1, 0.15) is 31.0 Å². The minimum atomic E-state index is 0.498. The third-order valence-electron chi connectivity index (χ3n) is 2.71. The van der Waals surface area contributed by atoms with Crippen LogP contribution >= 0.6 is 0 Å². The molecule has 0 radical (unpaired) electrons. The first kappa shape index (κ1) is 8.70. The molecular formula is C11H16N2. The molecule has 70 valence electrons. The number of rotatable bonds is 1. The van der Waals surface area contributed by atoms with Gasteiger partial charge in [0.05, 0.1) is 0 Å². The summed E-state index contributed by atoms with van der Waals surface area (Å²) in [5.74, 6) is 0.642. The maximum Gasteiger partial charge on any atom is 0.0361 e. The van der Waals surface area contributed by atoms with Gasteiger partial charge < -0.3 is 5.32 Å². The van der Waals surface area contributed by atoms with Crippen LogP contribution in [0.5, 0.6) is 0 Å². The standard InChI is InChI=1S/C11H16N2/c1-8(2)11-10-7-12-5-3-9(10)4-6-13-11/h3,5,7-8,11,13H,4,6H2,1-2H3. The molecule has 1 N–H and O–H groups in total. The normalized spacial score (nSPS) is 21.6. The molecule has 2 nitrogen and oxygen atoms in total. The SMILES string of the molecule is CC(C)C1NCCc2ccncc21. The molecular weight excluding hydrogens is 160 g/mol. The highest BCUT2D eigenvalue weighted by Crippen LogP contribution is 2.27. The lowest BCUT2D eigenvalue weighted by molar-refractivity contribution is 0.394. The Labute approximate surface area is 79.4 Å². The van der Waals surface area contributed by atoms with E-state index >= 15 is 0 Å². The Bertz CT molecular complexity index is 294. The topological polar surface area (TPSA) is 24.9 Å². The summed E-state index contributed by atoms with van der Waals surface area (Å²) in [4.78, 5) is 4.19. The Morgan fingerprint density at radius 1 is 1.54 bits per heavy atom. The summed E-state index contributed by atoms with van der Waals surface area (Å²) in [6.45, 7) is 5.60. The van der Waals surface area contributed by atoms with Gasteiger partial charge in [0.25, 0.3) is 0 Å². The molecule has 1 unspecified atom stereocenters. The van der Waals surface area contributed by atoms with Crippen molar-refractivity contribution in [2.75, 3.05) is 6.54 Å². The van der Waals surface area contributed by atoms with Crippen LogP contribution in [0.25, 0.3) is 0 Å². The molecule has 2 rings (SSSR count). The van der Waals surface area contributed by atoms with Crippen molar-refractivity contribution < 1.29 is 0 Å². The lowest BCUT2D eigenvalue weighted by atomic mass is 9.89. The van der Waals surface area contributed by atoms with Crippen molar-refractivity contribution in [3.63, 3.8) is 0 Å². The molecule has 0 saturated heterocycles. The fourth-order valence-corrected chi connectivity index (χ4v) is 2.01. The van der Waals surface area contributed by atoms with Crippen molar-refractivity contribution in [1.82, 2.24) is 10.3 Å². The first-order valence-corrected chi connectivity index (χ1v) is 4.95. The third-order valence-corrected chi connectivity index (χ3v) is 2.71. The van der Waals surface area contributed by atoms with Crippen LogP contribution in [0.4, 0.5) is 0 Å². The summed E-state index contributed by atoms with van der Waals surface area (Å²) >= 11 is 0. The average Bonchev–Trinajstić information content (AvgIpc) is 2.17. The van der Waals surface area contributed by atoms with Gasteiger partial charge in [-0.25, -0.2) is 0 Å². The molecule has 0 amide bonds. The third kappa shape index (κ3) is 1.59. The van der Waals surface area contributed by atoms with Gasteiger partial charge in [0.15, 0.2) is 0 Å². The van der Waals surface area contributed by atoms with E-state index in [1.165, 1.54) is 11.1 Å². The molecule has 0 bridgehead atoms. The molecule has 0 aromatic carbocycles. The Morgan fingerprint density at radius 2 is 2.38 bits per heavy atom. The number of aromatic nitrogens is 1. The number of nitrogens with one attached hydrogen (secondary N) is 1. The predicted octanol–water partition coefficient (Wildman–Crippen LogP) is 1.92. The molecule has 1 aromatic rings. The Balaban J connectivity index is 2.37. The van der Waals surface area contributed by atoms with Gasteiger partial charge in [0.1, 0.15) is 0 Å². The highest BCUT2D eigenvalue weighted by molar-refractivity contribution is 5.29. The van der Waals surface area contributed by atoms with E-state index < -0.39 is 0 Å². The van der Waals surface area contributed by atoms with Crippen molar-refractivity contribution in [3.8, 4) is 0 Å². The molecule has 0 spiro atoms. The second kappa shape index (κ2) is 3.46. The molecule has 1 aliphatic rings. The molecule has 1 aromatic heterocycles. The zero-order valence-electron chi connectivity index (χ0n) is 8.25. The van der Waals surface area contributed by atoms with Crippen molar-refractivity contribution in [2.45, 2.75) is 26.3 Å². The Hall–Kier alpha value is -0.890. The predicted molar refractivity (Wildman–Crippen MR) is 53.5 cm³/mol. The lowest BCUT2D eigenvalue weighted by Crippen LogP contribution is -2.33. The monoisotopic (exact) mass is 176 g/mol. The Morgan fingerprint density at radius 3 is 3.15 bits per heavy atom. The zero-order chi connectivity index (χ0) is 9.26. The lowest BCUT2D eigenvalue weighted by Gasteiger charge is -2.29. The first-order valence-electron chi connectivity index (χ1n) is 4.95. The molecule has 1 atom stereocenters. The van der Waals surface area contributed by atoms with Crippen molar-refractivity contribution in [3.05, 3.63) is 29.6 Å². The van der Waals surface area contributed by atoms with E-state index in [1.807, 2.05) is 12.4 Å². The fourth-order valence-electron chi connectivity index (χ4n) is 2.01. The van der Waals surface area contributed by atoms with Crippen LogP contribution in [0.2, 0.25) is 0 Å². The van der Waals surface area contributed by atoms with Crippen molar-refractivity contribution in [1.29, 1.82) is 0 Å². The average molecular weight is 176 g/mol. The van der Waals surface area contributed by atoms with E-state index in [9.17, 15) is 0 Å². The van der Waals surface area contributed by atoms with Gasteiger partial charge in [-0.15, -0.1) is 0 Å². The summed E-state index contributed by atoms with van der Waals surface area (Å²) in [5.41, 5.74) is 2.86. The fraction of sp³-hybridized carbons (Fsp3) is 0.545. The van der Waals surface area contributed by atoms with Gasteiger partial charge in [0, 0.05) is 18.4 Å². The first-order chi connectivity index (χ1) is 6.29. The van der Waals surface area contributed by atoms with E-state index in [1.54, 1.807) is 0 Å². The zero-order valence-corrected chi connectivity index (χ0v) is 8.25. The molecule has 2 heteroatoms. The van der Waals surface area contributed by atoms with Gasteiger partial charge in [-0.2, -0.15) is 0 Å². The van der Waals surface area contributed by atoms with Crippen LogP contribution in [0.15, 0.2) is 18.5 Å². The van der Waals surface area contributed by atoms with Gasteiger partial charge in [0.2, 0.25) is 0 Å². The molecule has 1 aliphatic heterocycles. The van der Waals surface area contributed by atoms with Crippen molar-refractivity contribution in [2.24, 2.45) is 5.92 Å². The molecule has 0 saturated carbocycles. The van der Waals surface area contributed by atoms with E-state index in [-0.39, 0.29) is 0 Å². The number of hydrogen-bond donors (Lipinski definition) is 1. The van der Waals surface area contributed by atoms with Gasteiger partial charge in [-0.3, -0.25) is 4.98 Å². The molecule has 0 fully saturated rings. The van der Waals surface area contributed by atoms with Crippen LogP contribution in [0.3, 0.4) is 0 Å². The maximum atomic E-state index is 4.19. The highest BCUT2D eigenvalue weighted by atomic mass is 14.9. The molecule has 13 heavy (non-hydrogen) atoms. The van der Waals surface area contributed by atoms with E-state index in [2.05, 4.69) is 30.2 Å². The summed E-state index contributed by atoms with van der Waals surface area (Å²) in [6, 6.07) is 2.64. The van der Waals surface area contributed by atoms with Crippen LogP contribution < -0.4 is 5.32 Å². The summed E-state index contributed by atoms with van der Waals surface area (Å²) < 4.78 is 0. The second-order valence-electron chi connectivity index (χ2n) is 4.00. The summed E-state index contributed by atoms with van der Waals surface area (Å²) in [5, 5.41) is 3.53. The van der Waals surface area contributed by atoms with E-state index in [4.69, 9.17) is 0 Å². The number of hydrogen-bond acceptors (Lipinski definition) is 2. The minimum Gasteiger partial charge on any atom is -0.309 e. The number of nitrogens with zero attached hydrogens (tertiary/aromatic N) is 1. The second-order valence-corrected chi connectivity index (χ2v) is 4.00. The van der Waals surface area contributed by atoms with Crippen molar-refractivity contribution >= 4 is 0 Å². The summed E-state index contributed by atoms with van der Waals surface area (Å²) in [6.07, 6.45) is 5.04. The molecule has 0 aliphatic carbocycles. The van der Waals surface area contributed by atoms with Crippen LogP contribution in [-0.2, 0) is 6.42 Å². The Kier molecular flexibility index (Phi) is 2.32. The quantitative estimate of drug-likeness (QED) is 0.707. The maximum absolute atomic E-state index is 4.19. The van der Waals surface area contributed by atoms with Crippen LogP contribution in [-0.4, -0.2) is 11.5 Å².